The van der Waals surface area contributed by atoms with E-state index in [4.69, 9.17) is 0 Å². The molecule has 1 aliphatic heterocycles. The summed E-state index contributed by atoms with van der Waals surface area (Å²) in [5.41, 5.74) is 1.84. The SMILES string of the molecule is CCCS(=O)(=O)N1CCC[C@@H](C(=O)Nc2cccc(C)c2)C1. The van der Waals surface area contributed by atoms with Crippen molar-refractivity contribution in [3.05, 3.63) is 29.8 Å². The molecular weight excluding hydrogens is 300 g/mol. The average Bonchev–Trinajstić information content (AvgIpc) is 2.47. The molecule has 1 aliphatic rings. The maximum atomic E-state index is 12.4. The molecule has 1 heterocycles. The van der Waals surface area contributed by atoms with Gasteiger partial charge in [0.25, 0.3) is 0 Å². The van der Waals surface area contributed by atoms with Gasteiger partial charge in [-0.25, -0.2) is 12.7 Å². The van der Waals surface area contributed by atoms with Crippen LogP contribution in [0.5, 0.6) is 0 Å². The van der Waals surface area contributed by atoms with Gasteiger partial charge in [-0.05, 0) is 43.9 Å². The van der Waals surface area contributed by atoms with Crippen molar-refractivity contribution in [3.63, 3.8) is 0 Å². The van der Waals surface area contributed by atoms with Crippen LogP contribution in [0.15, 0.2) is 24.3 Å². The fourth-order valence-electron chi connectivity index (χ4n) is 2.76. The van der Waals surface area contributed by atoms with E-state index in [1.807, 2.05) is 38.1 Å². The molecule has 22 heavy (non-hydrogen) atoms. The second-order valence-corrected chi connectivity index (χ2v) is 7.96. The van der Waals surface area contributed by atoms with E-state index in [1.54, 1.807) is 0 Å². The number of sulfonamides is 1. The Kier molecular flexibility index (Phi) is 5.58. The first-order valence-electron chi connectivity index (χ1n) is 7.77. The summed E-state index contributed by atoms with van der Waals surface area (Å²) in [7, 11) is -3.23. The standard InChI is InChI=1S/C16H24N2O3S/c1-3-10-22(20,21)18-9-5-7-14(12-18)16(19)17-15-8-4-6-13(2)11-15/h4,6,8,11,14H,3,5,7,9-10,12H2,1-2H3,(H,17,19)/t14-/m1/s1. The molecule has 0 aromatic heterocycles. The van der Waals surface area contributed by atoms with Gasteiger partial charge in [-0.1, -0.05) is 19.1 Å². The van der Waals surface area contributed by atoms with Gasteiger partial charge in [0.2, 0.25) is 15.9 Å². The van der Waals surface area contributed by atoms with Crippen LogP contribution in [0.4, 0.5) is 5.69 Å². The van der Waals surface area contributed by atoms with Crippen LogP contribution in [0, 0.1) is 12.8 Å². The van der Waals surface area contributed by atoms with Gasteiger partial charge in [0, 0.05) is 18.8 Å². The molecule has 2 rings (SSSR count). The number of aryl methyl sites for hydroxylation is 1. The number of amides is 1. The number of rotatable bonds is 5. The van der Waals surface area contributed by atoms with Crippen molar-refractivity contribution in [2.24, 2.45) is 5.92 Å². The molecule has 0 unspecified atom stereocenters. The summed E-state index contributed by atoms with van der Waals surface area (Å²) in [6.45, 7) is 4.63. The molecule has 122 valence electrons. The van der Waals surface area contributed by atoms with Crippen LogP contribution in [-0.2, 0) is 14.8 Å². The highest BCUT2D eigenvalue weighted by molar-refractivity contribution is 7.89. The average molecular weight is 324 g/mol. The van der Waals surface area contributed by atoms with E-state index in [1.165, 1.54) is 4.31 Å². The molecule has 0 saturated carbocycles. The van der Waals surface area contributed by atoms with Crippen molar-refractivity contribution in [2.75, 3.05) is 24.2 Å². The molecule has 1 amide bonds. The number of hydrogen-bond donors (Lipinski definition) is 1. The van der Waals surface area contributed by atoms with E-state index >= 15 is 0 Å². The number of hydrogen-bond acceptors (Lipinski definition) is 3. The van der Waals surface area contributed by atoms with Crippen molar-refractivity contribution >= 4 is 21.6 Å². The lowest BCUT2D eigenvalue weighted by molar-refractivity contribution is -0.120. The van der Waals surface area contributed by atoms with Crippen LogP contribution < -0.4 is 5.32 Å². The van der Waals surface area contributed by atoms with Gasteiger partial charge >= 0.3 is 0 Å². The summed E-state index contributed by atoms with van der Waals surface area (Å²) in [6, 6.07) is 7.62. The highest BCUT2D eigenvalue weighted by atomic mass is 32.2. The normalized spacial score (nSPS) is 19.8. The Labute approximate surface area is 132 Å². The molecular formula is C16H24N2O3S. The van der Waals surface area contributed by atoms with Crippen molar-refractivity contribution in [1.82, 2.24) is 4.31 Å². The van der Waals surface area contributed by atoms with Crippen molar-refractivity contribution in [1.29, 1.82) is 0 Å². The molecule has 6 heteroatoms. The molecule has 1 atom stereocenters. The first kappa shape index (κ1) is 17.0. The number of nitrogens with one attached hydrogen (secondary N) is 1. The van der Waals surface area contributed by atoms with E-state index in [9.17, 15) is 13.2 Å². The summed E-state index contributed by atoms with van der Waals surface area (Å²) in [5, 5.41) is 2.90. The van der Waals surface area contributed by atoms with Crippen LogP contribution in [0.1, 0.15) is 31.7 Å². The zero-order valence-corrected chi connectivity index (χ0v) is 14.0. The molecule has 1 aromatic carbocycles. The van der Waals surface area contributed by atoms with Crippen LogP contribution in [0.25, 0.3) is 0 Å². The van der Waals surface area contributed by atoms with Crippen LogP contribution >= 0.6 is 0 Å². The van der Waals surface area contributed by atoms with Crippen molar-refractivity contribution in [2.45, 2.75) is 33.1 Å². The van der Waals surface area contributed by atoms with E-state index in [0.29, 0.717) is 19.5 Å². The molecule has 0 spiro atoms. The molecule has 5 nitrogen and oxygen atoms in total. The first-order valence-corrected chi connectivity index (χ1v) is 9.38. The number of benzene rings is 1. The maximum absolute atomic E-state index is 12.4. The minimum atomic E-state index is -3.23. The van der Waals surface area contributed by atoms with E-state index in [2.05, 4.69) is 5.32 Å². The Morgan fingerprint density at radius 2 is 2.18 bits per heavy atom. The predicted molar refractivity (Wildman–Crippen MR) is 88.2 cm³/mol. The minimum Gasteiger partial charge on any atom is -0.326 e. The third-order valence-electron chi connectivity index (χ3n) is 3.90. The second kappa shape index (κ2) is 7.24. The van der Waals surface area contributed by atoms with Gasteiger partial charge in [-0.3, -0.25) is 4.79 Å². The quantitative estimate of drug-likeness (QED) is 0.904. The summed E-state index contributed by atoms with van der Waals surface area (Å²) in [6.07, 6.45) is 2.06. The zero-order chi connectivity index (χ0) is 16.2. The molecule has 1 fully saturated rings. The Morgan fingerprint density at radius 3 is 2.86 bits per heavy atom. The molecule has 0 radical (unpaired) electrons. The van der Waals surface area contributed by atoms with Gasteiger partial charge in [-0.2, -0.15) is 0 Å². The predicted octanol–water partition coefficient (Wildman–Crippen LogP) is 2.39. The maximum Gasteiger partial charge on any atom is 0.228 e. The number of piperidine rings is 1. The van der Waals surface area contributed by atoms with Gasteiger partial charge in [0.15, 0.2) is 0 Å². The van der Waals surface area contributed by atoms with Crippen molar-refractivity contribution in [3.8, 4) is 0 Å². The van der Waals surface area contributed by atoms with Crippen LogP contribution in [0.2, 0.25) is 0 Å². The lowest BCUT2D eigenvalue weighted by Crippen LogP contribution is -2.44. The molecule has 1 aromatic rings. The number of carbonyl (C=O) groups excluding carboxylic acids is 1. The van der Waals surface area contributed by atoms with Crippen molar-refractivity contribution < 1.29 is 13.2 Å². The minimum absolute atomic E-state index is 0.0954. The highest BCUT2D eigenvalue weighted by Gasteiger charge is 2.31. The highest BCUT2D eigenvalue weighted by Crippen LogP contribution is 2.21. The van der Waals surface area contributed by atoms with Gasteiger partial charge in [-0.15, -0.1) is 0 Å². The monoisotopic (exact) mass is 324 g/mol. The fourth-order valence-corrected chi connectivity index (χ4v) is 4.35. The number of nitrogens with zero attached hydrogens (tertiary/aromatic N) is 1. The fraction of sp³-hybridized carbons (Fsp3) is 0.562. The van der Waals surface area contributed by atoms with Gasteiger partial charge in [0.05, 0.1) is 11.7 Å². The second-order valence-electron chi connectivity index (χ2n) is 5.87. The summed E-state index contributed by atoms with van der Waals surface area (Å²) >= 11 is 0. The Hall–Kier alpha value is -1.40. The third kappa shape index (κ3) is 4.30. The van der Waals surface area contributed by atoms with Gasteiger partial charge in [0.1, 0.15) is 0 Å². The first-order chi connectivity index (χ1) is 10.4. The van der Waals surface area contributed by atoms with E-state index in [0.717, 1.165) is 24.1 Å². The topological polar surface area (TPSA) is 66.5 Å². The zero-order valence-electron chi connectivity index (χ0n) is 13.2. The summed E-state index contributed by atoms with van der Waals surface area (Å²) < 4.78 is 25.8. The van der Waals surface area contributed by atoms with Gasteiger partial charge < -0.3 is 5.32 Å². The number of anilines is 1. The van der Waals surface area contributed by atoms with Crippen LogP contribution in [-0.4, -0.2) is 37.5 Å². The summed E-state index contributed by atoms with van der Waals surface area (Å²) in [5.74, 6) is -0.220. The Bertz CT molecular complexity index is 628. The molecule has 1 N–H and O–H groups in total. The van der Waals surface area contributed by atoms with E-state index in [-0.39, 0.29) is 17.6 Å². The summed E-state index contributed by atoms with van der Waals surface area (Å²) in [4.78, 5) is 12.4. The largest absolute Gasteiger partial charge is 0.326 e. The molecule has 1 saturated heterocycles. The Morgan fingerprint density at radius 1 is 1.41 bits per heavy atom. The lowest BCUT2D eigenvalue weighted by Gasteiger charge is -2.31. The number of carbonyl (C=O) groups is 1. The molecule has 0 bridgehead atoms. The van der Waals surface area contributed by atoms with E-state index < -0.39 is 10.0 Å². The molecule has 0 aliphatic carbocycles. The van der Waals surface area contributed by atoms with Crippen LogP contribution in [0.3, 0.4) is 0 Å². The third-order valence-corrected chi connectivity index (χ3v) is 5.94. The lowest BCUT2D eigenvalue weighted by atomic mass is 9.98. The Balaban J connectivity index is 2.01. The smallest absolute Gasteiger partial charge is 0.228 e.